The van der Waals surface area contributed by atoms with Gasteiger partial charge < -0.3 is 15.0 Å². The standard InChI is InChI=1S/C37H42BrN3O5S/c1-6-28(4)39-37(43)34(23-29-10-8-7-9-11-29)40(24-30-15-17-31(38)18-16-30)36(42)25-41(33-22-27(3)14-21-35(33)46-5)47(44,45)32-19-12-26(2)13-20-32/h7-22,28,34H,6,23-25H2,1-5H3,(H,39,43)/t28-,34-/m0/s1. The molecular weight excluding hydrogens is 678 g/mol. The van der Waals surface area contributed by atoms with E-state index in [1.165, 1.54) is 24.1 Å². The number of nitrogens with one attached hydrogen (secondary N) is 1. The van der Waals surface area contributed by atoms with Crippen molar-refractivity contribution >= 4 is 43.5 Å². The first-order valence-corrected chi connectivity index (χ1v) is 17.8. The van der Waals surface area contributed by atoms with Gasteiger partial charge in [0, 0.05) is 23.5 Å². The molecule has 4 rings (SSSR count). The van der Waals surface area contributed by atoms with Crippen LogP contribution in [-0.4, -0.2) is 50.9 Å². The second-order valence-electron chi connectivity index (χ2n) is 11.7. The molecule has 0 fully saturated rings. The smallest absolute Gasteiger partial charge is 0.264 e. The molecule has 0 aliphatic rings. The first-order valence-electron chi connectivity index (χ1n) is 15.5. The number of carbonyl (C=O) groups excluding carboxylic acids is 2. The third-order valence-electron chi connectivity index (χ3n) is 8.03. The number of nitrogens with zero attached hydrogens (tertiary/aromatic N) is 2. The Kier molecular flexibility index (Phi) is 12.2. The summed E-state index contributed by atoms with van der Waals surface area (Å²) >= 11 is 3.47. The van der Waals surface area contributed by atoms with Crippen molar-refractivity contribution in [2.75, 3.05) is 18.0 Å². The first-order chi connectivity index (χ1) is 22.4. The highest BCUT2D eigenvalue weighted by molar-refractivity contribution is 9.10. The summed E-state index contributed by atoms with van der Waals surface area (Å²) in [4.78, 5) is 30.2. The SMILES string of the molecule is CC[C@H](C)NC(=O)[C@H](Cc1ccccc1)N(Cc1ccc(Br)cc1)C(=O)CN(c1cc(C)ccc1OC)S(=O)(=O)c1ccc(C)cc1. The van der Waals surface area contributed by atoms with Gasteiger partial charge in [-0.05, 0) is 80.3 Å². The molecule has 0 saturated heterocycles. The van der Waals surface area contributed by atoms with Crippen molar-refractivity contribution in [1.29, 1.82) is 0 Å². The van der Waals surface area contributed by atoms with Crippen LogP contribution in [0.1, 0.15) is 42.5 Å². The normalized spacial score (nSPS) is 12.6. The summed E-state index contributed by atoms with van der Waals surface area (Å²) in [5.41, 5.74) is 3.58. The molecule has 1 N–H and O–H groups in total. The molecule has 248 valence electrons. The lowest BCUT2D eigenvalue weighted by Gasteiger charge is -2.34. The van der Waals surface area contributed by atoms with Crippen LogP contribution in [0.3, 0.4) is 0 Å². The number of benzene rings is 4. The number of halogens is 1. The van der Waals surface area contributed by atoms with Crippen molar-refractivity contribution in [2.45, 2.75) is 64.1 Å². The van der Waals surface area contributed by atoms with E-state index in [9.17, 15) is 18.0 Å². The maximum absolute atomic E-state index is 14.7. The van der Waals surface area contributed by atoms with Crippen LogP contribution >= 0.6 is 15.9 Å². The molecular formula is C37H42BrN3O5S. The topological polar surface area (TPSA) is 96.0 Å². The van der Waals surface area contributed by atoms with Crippen LogP contribution < -0.4 is 14.4 Å². The Hall–Kier alpha value is -4.15. The molecule has 0 bridgehead atoms. The zero-order chi connectivity index (χ0) is 34.1. The van der Waals surface area contributed by atoms with Gasteiger partial charge in [0.2, 0.25) is 11.8 Å². The number of ether oxygens (including phenoxy) is 1. The Bertz CT molecular complexity index is 1760. The molecule has 8 nitrogen and oxygen atoms in total. The van der Waals surface area contributed by atoms with Gasteiger partial charge in [-0.1, -0.05) is 89.1 Å². The average Bonchev–Trinajstić information content (AvgIpc) is 3.06. The molecule has 0 aromatic heterocycles. The van der Waals surface area contributed by atoms with Gasteiger partial charge in [-0.15, -0.1) is 0 Å². The van der Waals surface area contributed by atoms with E-state index in [2.05, 4.69) is 21.2 Å². The van der Waals surface area contributed by atoms with Crippen LogP contribution in [0.2, 0.25) is 0 Å². The Morgan fingerprint density at radius 3 is 2.13 bits per heavy atom. The van der Waals surface area contributed by atoms with Gasteiger partial charge in [0.15, 0.2) is 0 Å². The minimum absolute atomic E-state index is 0.0364. The fourth-order valence-corrected chi connectivity index (χ4v) is 6.81. The highest BCUT2D eigenvalue weighted by atomic mass is 79.9. The number of sulfonamides is 1. The molecule has 0 saturated carbocycles. The summed E-state index contributed by atoms with van der Waals surface area (Å²) in [5.74, 6) is -0.545. The third kappa shape index (κ3) is 9.23. The molecule has 0 aliphatic carbocycles. The Morgan fingerprint density at radius 2 is 1.51 bits per heavy atom. The molecule has 0 unspecified atom stereocenters. The largest absolute Gasteiger partial charge is 0.495 e. The molecule has 0 radical (unpaired) electrons. The second kappa shape index (κ2) is 16.1. The summed E-state index contributed by atoms with van der Waals surface area (Å²) in [6.45, 7) is 7.13. The fourth-order valence-electron chi connectivity index (χ4n) is 5.13. The zero-order valence-corrected chi connectivity index (χ0v) is 29.8. The molecule has 2 amide bonds. The van der Waals surface area contributed by atoms with Crippen molar-refractivity contribution < 1.29 is 22.7 Å². The summed E-state index contributed by atoms with van der Waals surface area (Å²) < 4.78 is 36.3. The Labute approximate surface area is 286 Å². The molecule has 10 heteroatoms. The van der Waals surface area contributed by atoms with E-state index < -0.39 is 28.5 Å². The second-order valence-corrected chi connectivity index (χ2v) is 14.4. The van der Waals surface area contributed by atoms with Crippen LogP contribution in [0.5, 0.6) is 5.75 Å². The van der Waals surface area contributed by atoms with Crippen LogP contribution in [0.25, 0.3) is 0 Å². The Morgan fingerprint density at radius 1 is 0.872 bits per heavy atom. The van der Waals surface area contributed by atoms with E-state index in [-0.39, 0.29) is 35.5 Å². The van der Waals surface area contributed by atoms with Gasteiger partial charge in [-0.2, -0.15) is 0 Å². The van der Waals surface area contributed by atoms with Crippen LogP contribution in [-0.2, 0) is 32.6 Å². The predicted molar refractivity (Wildman–Crippen MR) is 190 cm³/mol. The van der Waals surface area contributed by atoms with Gasteiger partial charge in [-0.3, -0.25) is 13.9 Å². The monoisotopic (exact) mass is 719 g/mol. The summed E-state index contributed by atoms with van der Waals surface area (Å²) in [6, 6.07) is 27.6. The number of rotatable bonds is 14. The predicted octanol–water partition coefficient (Wildman–Crippen LogP) is 6.82. The maximum Gasteiger partial charge on any atom is 0.264 e. The number of aryl methyl sites for hydroxylation is 2. The minimum Gasteiger partial charge on any atom is -0.495 e. The fraction of sp³-hybridized carbons (Fsp3) is 0.297. The maximum atomic E-state index is 14.7. The molecule has 2 atom stereocenters. The van der Waals surface area contributed by atoms with Crippen LogP contribution in [0.15, 0.2) is 106 Å². The van der Waals surface area contributed by atoms with E-state index >= 15 is 0 Å². The number of anilines is 1. The molecule has 4 aromatic rings. The van der Waals surface area contributed by atoms with Crippen molar-refractivity contribution in [3.63, 3.8) is 0 Å². The number of carbonyl (C=O) groups is 2. The molecule has 0 spiro atoms. The molecule has 0 heterocycles. The lowest BCUT2D eigenvalue weighted by atomic mass is 10.0. The summed E-state index contributed by atoms with van der Waals surface area (Å²) in [6.07, 6.45) is 0.948. The van der Waals surface area contributed by atoms with Gasteiger partial charge >= 0.3 is 0 Å². The van der Waals surface area contributed by atoms with Gasteiger partial charge in [0.1, 0.15) is 18.3 Å². The number of hydrogen-bond donors (Lipinski definition) is 1. The zero-order valence-electron chi connectivity index (χ0n) is 27.4. The summed E-state index contributed by atoms with van der Waals surface area (Å²) in [7, 11) is -2.80. The highest BCUT2D eigenvalue weighted by Gasteiger charge is 2.36. The first kappa shape index (κ1) is 35.7. The van der Waals surface area contributed by atoms with E-state index in [0.29, 0.717) is 12.2 Å². The van der Waals surface area contributed by atoms with Gasteiger partial charge in [0.05, 0.1) is 17.7 Å². The number of hydrogen-bond acceptors (Lipinski definition) is 5. The number of amides is 2. The van der Waals surface area contributed by atoms with Crippen molar-refractivity contribution in [3.05, 3.63) is 124 Å². The Balaban J connectivity index is 1.85. The van der Waals surface area contributed by atoms with E-state index in [1.54, 1.807) is 24.3 Å². The molecule has 0 aliphatic heterocycles. The van der Waals surface area contributed by atoms with Crippen LogP contribution in [0.4, 0.5) is 5.69 Å². The van der Waals surface area contributed by atoms with Crippen molar-refractivity contribution in [2.24, 2.45) is 0 Å². The third-order valence-corrected chi connectivity index (χ3v) is 10.3. The number of methoxy groups -OCH3 is 1. The van der Waals surface area contributed by atoms with Gasteiger partial charge in [0.25, 0.3) is 10.0 Å². The molecule has 4 aromatic carbocycles. The molecule has 47 heavy (non-hydrogen) atoms. The van der Waals surface area contributed by atoms with Crippen molar-refractivity contribution in [1.82, 2.24) is 10.2 Å². The minimum atomic E-state index is -4.26. The van der Waals surface area contributed by atoms with E-state index in [4.69, 9.17) is 4.74 Å². The van der Waals surface area contributed by atoms with E-state index in [0.717, 1.165) is 31.0 Å². The summed E-state index contributed by atoms with van der Waals surface area (Å²) in [5, 5.41) is 3.06. The highest BCUT2D eigenvalue weighted by Crippen LogP contribution is 2.34. The average molecular weight is 721 g/mol. The lowest BCUT2D eigenvalue weighted by Crippen LogP contribution is -2.54. The van der Waals surface area contributed by atoms with E-state index in [1.807, 2.05) is 88.4 Å². The lowest BCUT2D eigenvalue weighted by molar-refractivity contribution is -0.140. The quantitative estimate of drug-likeness (QED) is 0.154. The van der Waals surface area contributed by atoms with Crippen molar-refractivity contribution in [3.8, 4) is 5.75 Å². The van der Waals surface area contributed by atoms with Crippen LogP contribution in [0, 0.1) is 13.8 Å². The van der Waals surface area contributed by atoms with Gasteiger partial charge in [-0.25, -0.2) is 8.42 Å².